The van der Waals surface area contributed by atoms with Gasteiger partial charge < -0.3 is 5.73 Å². The summed E-state index contributed by atoms with van der Waals surface area (Å²) in [6, 6.07) is 0. The van der Waals surface area contributed by atoms with E-state index in [-0.39, 0.29) is 0 Å². The molecule has 14 heavy (non-hydrogen) atoms. The van der Waals surface area contributed by atoms with E-state index in [1.54, 1.807) is 6.33 Å². The minimum Gasteiger partial charge on any atom is -0.330 e. The molecule has 1 unspecified atom stereocenters. The van der Waals surface area contributed by atoms with Gasteiger partial charge in [0, 0.05) is 0 Å². The summed E-state index contributed by atoms with van der Waals surface area (Å²) in [6.07, 6.45) is 1.77. The van der Waals surface area contributed by atoms with Crippen molar-refractivity contribution < 1.29 is 4.68 Å². The molecular formula is C9H20N5+. The lowest BCUT2D eigenvalue weighted by Crippen LogP contribution is -2.46. The number of hydrogen-bond donors (Lipinski definition) is 1. The summed E-state index contributed by atoms with van der Waals surface area (Å²) >= 11 is 0. The number of nitrogens with two attached hydrogens (primary N) is 1. The van der Waals surface area contributed by atoms with E-state index >= 15 is 0 Å². The van der Waals surface area contributed by atoms with Crippen LogP contribution in [0.15, 0.2) is 6.33 Å². The first-order chi connectivity index (χ1) is 6.63. The molecule has 0 aromatic carbocycles. The Labute approximate surface area is 84.9 Å². The van der Waals surface area contributed by atoms with Crippen LogP contribution in [0.5, 0.6) is 0 Å². The monoisotopic (exact) mass is 198 g/mol. The Balaban J connectivity index is 2.62. The maximum absolute atomic E-state index is 5.57. The lowest BCUT2D eigenvalue weighted by Gasteiger charge is -2.08. The number of aromatic nitrogens is 4. The smallest absolute Gasteiger partial charge is 0.288 e. The van der Waals surface area contributed by atoms with E-state index in [1.807, 2.05) is 9.48 Å². The van der Waals surface area contributed by atoms with E-state index < -0.39 is 0 Å². The molecule has 80 valence electrons. The second kappa shape index (κ2) is 5.05. The Morgan fingerprint density at radius 1 is 1.43 bits per heavy atom. The lowest BCUT2D eigenvalue weighted by atomic mass is 10.2. The van der Waals surface area contributed by atoms with Crippen LogP contribution >= 0.6 is 0 Å². The summed E-state index contributed by atoms with van der Waals surface area (Å²) in [5.74, 6) is 1.04. The molecule has 5 nitrogen and oxygen atoms in total. The van der Waals surface area contributed by atoms with Gasteiger partial charge in [0.2, 0.25) is 0 Å². The van der Waals surface area contributed by atoms with Gasteiger partial charge in [-0.1, -0.05) is 25.6 Å². The molecule has 1 rings (SSSR count). The van der Waals surface area contributed by atoms with Crippen molar-refractivity contribution in [1.29, 1.82) is 0 Å². The Bertz CT molecular complexity index is 268. The molecule has 2 N–H and O–H groups in total. The van der Waals surface area contributed by atoms with Crippen molar-refractivity contribution in [3.8, 4) is 0 Å². The van der Waals surface area contributed by atoms with E-state index in [2.05, 4.69) is 31.1 Å². The molecule has 0 spiro atoms. The van der Waals surface area contributed by atoms with Gasteiger partial charge in [-0.2, -0.15) is 4.68 Å². The maximum Gasteiger partial charge on any atom is 0.288 e. The van der Waals surface area contributed by atoms with Gasteiger partial charge in [-0.3, -0.25) is 0 Å². The molecule has 1 heterocycles. The van der Waals surface area contributed by atoms with Crippen molar-refractivity contribution in [2.24, 2.45) is 17.6 Å². The van der Waals surface area contributed by atoms with Gasteiger partial charge in [-0.25, -0.2) is 0 Å². The highest BCUT2D eigenvalue weighted by Gasteiger charge is 2.13. The number of rotatable bonds is 5. The minimum absolute atomic E-state index is 0.440. The van der Waals surface area contributed by atoms with E-state index in [0.717, 1.165) is 13.1 Å². The summed E-state index contributed by atoms with van der Waals surface area (Å²) in [4.78, 5) is 1.89. The standard InChI is InChI=1S/C9H20N5/c1-8(2)5-13-7-11-12-14(13)6-9(3)4-10/h7-9H,4-6,10H2,1-3H3/q+1. The van der Waals surface area contributed by atoms with Crippen LogP contribution in [0.3, 0.4) is 0 Å². The van der Waals surface area contributed by atoms with E-state index in [0.29, 0.717) is 18.4 Å². The Morgan fingerprint density at radius 3 is 2.71 bits per heavy atom. The zero-order valence-electron chi connectivity index (χ0n) is 9.22. The number of tetrazole rings is 1. The molecule has 0 saturated heterocycles. The first-order valence-corrected chi connectivity index (χ1v) is 5.11. The third kappa shape index (κ3) is 3.06. The molecule has 1 aromatic rings. The first-order valence-electron chi connectivity index (χ1n) is 5.11. The highest BCUT2D eigenvalue weighted by atomic mass is 15.6. The lowest BCUT2D eigenvalue weighted by molar-refractivity contribution is -0.785. The van der Waals surface area contributed by atoms with E-state index in [9.17, 15) is 0 Å². The van der Waals surface area contributed by atoms with Crippen molar-refractivity contribution >= 4 is 0 Å². The third-order valence-corrected chi connectivity index (χ3v) is 2.07. The largest absolute Gasteiger partial charge is 0.330 e. The topological polar surface area (TPSA) is 60.6 Å². The molecule has 0 radical (unpaired) electrons. The van der Waals surface area contributed by atoms with Crippen LogP contribution in [0.2, 0.25) is 0 Å². The molecule has 0 fully saturated rings. The van der Waals surface area contributed by atoms with Crippen LogP contribution in [0, 0.1) is 11.8 Å². The van der Waals surface area contributed by atoms with E-state index in [4.69, 9.17) is 5.73 Å². The molecular weight excluding hydrogens is 178 g/mol. The van der Waals surface area contributed by atoms with Gasteiger partial charge in [0.1, 0.15) is 5.10 Å². The van der Waals surface area contributed by atoms with Crippen LogP contribution < -0.4 is 10.4 Å². The van der Waals surface area contributed by atoms with Gasteiger partial charge in [0.05, 0.1) is 13.1 Å². The second-order valence-corrected chi connectivity index (χ2v) is 4.23. The third-order valence-electron chi connectivity index (χ3n) is 2.07. The van der Waals surface area contributed by atoms with Gasteiger partial charge in [-0.15, -0.1) is 0 Å². The predicted octanol–water partition coefficient (Wildman–Crippen LogP) is -0.184. The highest BCUT2D eigenvalue weighted by molar-refractivity contribution is 4.48. The summed E-state index contributed by atoms with van der Waals surface area (Å²) in [7, 11) is 0. The molecule has 0 amide bonds. The van der Waals surface area contributed by atoms with Gasteiger partial charge in [0.15, 0.2) is 5.21 Å². The predicted molar refractivity (Wildman–Crippen MR) is 53.3 cm³/mol. The van der Waals surface area contributed by atoms with Gasteiger partial charge >= 0.3 is 0 Å². The molecule has 0 aliphatic rings. The summed E-state index contributed by atoms with van der Waals surface area (Å²) in [6.45, 7) is 8.93. The number of hydrogen-bond acceptors (Lipinski definition) is 3. The Kier molecular flexibility index (Phi) is 4.00. The van der Waals surface area contributed by atoms with Crippen LogP contribution in [-0.4, -0.2) is 21.7 Å². The molecule has 0 aliphatic heterocycles. The normalized spacial score (nSPS) is 13.5. The van der Waals surface area contributed by atoms with Crippen molar-refractivity contribution in [2.45, 2.75) is 33.9 Å². The van der Waals surface area contributed by atoms with Crippen LogP contribution in [0.25, 0.3) is 0 Å². The fourth-order valence-electron chi connectivity index (χ4n) is 1.26. The van der Waals surface area contributed by atoms with Crippen LogP contribution in [-0.2, 0) is 13.1 Å². The quantitative estimate of drug-likeness (QED) is 0.667. The summed E-state index contributed by atoms with van der Waals surface area (Å²) < 4.78 is 2.04. The summed E-state index contributed by atoms with van der Waals surface area (Å²) in [5.41, 5.74) is 5.57. The average molecular weight is 198 g/mol. The van der Waals surface area contributed by atoms with Crippen LogP contribution in [0.4, 0.5) is 0 Å². The molecule has 5 heteroatoms. The molecule has 0 saturated carbocycles. The fourth-order valence-corrected chi connectivity index (χ4v) is 1.26. The molecule has 0 aliphatic carbocycles. The van der Waals surface area contributed by atoms with Crippen molar-refractivity contribution in [2.75, 3.05) is 6.54 Å². The second-order valence-electron chi connectivity index (χ2n) is 4.23. The van der Waals surface area contributed by atoms with Crippen LogP contribution in [0.1, 0.15) is 20.8 Å². The molecule has 0 bridgehead atoms. The van der Waals surface area contributed by atoms with Gasteiger partial charge in [0.25, 0.3) is 6.33 Å². The Morgan fingerprint density at radius 2 is 2.14 bits per heavy atom. The van der Waals surface area contributed by atoms with Crippen molar-refractivity contribution in [3.05, 3.63) is 6.33 Å². The van der Waals surface area contributed by atoms with Crippen molar-refractivity contribution in [1.82, 2.24) is 15.1 Å². The van der Waals surface area contributed by atoms with Crippen molar-refractivity contribution in [3.63, 3.8) is 0 Å². The fraction of sp³-hybridized carbons (Fsp3) is 0.889. The summed E-state index contributed by atoms with van der Waals surface area (Å²) in [5, 5.41) is 7.93. The molecule has 1 aromatic heterocycles. The zero-order valence-corrected chi connectivity index (χ0v) is 9.22. The number of nitrogens with zero attached hydrogens (tertiary/aromatic N) is 4. The SMILES string of the molecule is CC(C)C[n+]1cnnn1CC(C)CN. The maximum atomic E-state index is 5.57. The Hall–Kier alpha value is -0.970. The van der Waals surface area contributed by atoms with E-state index in [1.165, 1.54) is 0 Å². The highest BCUT2D eigenvalue weighted by Crippen LogP contribution is 1.94. The molecule has 1 atom stereocenters. The first kappa shape index (κ1) is 11.1. The zero-order chi connectivity index (χ0) is 10.6. The minimum atomic E-state index is 0.440. The van der Waals surface area contributed by atoms with Gasteiger partial charge in [-0.05, 0) is 18.4 Å². The average Bonchev–Trinajstić information content (AvgIpc) is 2.52.